The van der Waals surface area contributed by atoms with E-state index in [-0.39, 0.29) is 12.2 Å². The highest BCUT2D eigenvalue weighted by atomic mass is 32.1. The first kappa shape index (κ1) is 20.6. The monoisotopic (exact) mass is 450 g/mol. The number of rotatable bonds is 5. The minimum atomic E-state index is -0.196. The molecule has 3 aromatic heterocycles. The number of aryl methyl sites for hydroxylation is 1. The summed E-state index contributed by atoms with van der Waals surface area (Å²) < 4.78 is 6.86. The number of thiazole rings is 1. The lowest BCUT2D eigenvalue weighted by Gasteiger charge is -2.28. The van der Waals surface area contributed by atoms with E-state index in [1.54, 1.807) is 12.4 Å². The minimum Gasteiger partial charge on any atom is -0.390 e. The standard InChI is InChI=1S/C22H22N6O3S/c1-27-13-23-18-10-17(14-2-4-16(5-3-14)28-6-8-31-9-7-28)25-20(19(18)21(27)30)26-22-24-15(11-29)12-32-22/h2-5,10,12-13,29H,6-9,11H2,1H3,(H,24,25,26). The molecule has 1 aliphatic heterocycles. The van der Waals surface area contributed by atoms with E-state index in [9.17, 15) is 9.90 Å². The molecule has 164 valence electrons. The van der Waals surface area contributed by atoms with Gasteiger partial charge in [0, 0.05) is 36.8 Å². The van der Waals surface area contributed by atoms with Crippen LogP contribution in [0.2, 0.25) is 0 Å². The van der Waals surface area contributed by atoms with E-state index >= 15 is 0 Å². The molecule has 0 unspecified atom stereocenters. The minimum absolute atomic E-state index is 0.148. The molecule has 1 aliphatic rings. The highest BCUT2D eigenvalue weighted by Gasteiger charge is 2.16. The van der Waals surface area contributed by atoms with E-state index in [2.05, 4.69) is 32.3 Å². The van der Waals surface area contributed by atoms with Crippen molar-refractivity contribution >= 4 is 38.9 Å². The maximum atomic E-state index is 12.8. The van der Waals surface area contributed by atoms with E-state index in [0.717, 1.165) is 37.6 Å². The van der Waals surface area contributed by atoms with Crippen molar-refractivity contribution in [3.63, 3.8) is 0 Å². The number of aliphatic hydroxyl groups excluding tert-OH is 1. The Morgan fingerprint density at radius 2 is 1.97 bits per heavy atom. The zero-order valence-electron chi connectivity index (χ0n) is 17.5. The first-order valence-corrected chi connectivity index (χ1v) is 11.1. The van der Waals surface area contributed by atoms with Gasteiger partial charge in [0.2, 0.25) is 0 Å². The van der Waals surface area contributed by atoms with Gasteiger partial charge in [0.25, 0.3) is 5.56 Å². The van der Waals surface area contributed by atoms with Gasteiger partial charge in [-0.05, 0) is 18.2 Å². The molecule has 10 heteroatoms. The largest absolute Gasteiger partial charge is 0.390 e. The van der Waals surface area contributed by atoms with Crippen molar-refractivity contribution < 1.29 is 9.84 Å². The molecule has 0 atom stereocenters. The normalized spacial score (nSPS) is 14.1. The maximum absolute atomic E-state index is 12.8. The highest BCUT2D eigenvalue weighted by molar-refractivity contribution is 7.13. The highest BCUT2D eigenvalue weighted by Crippen LogP contribution is 2.29. The average molecular weight is 451 g/mol. The summed E-state index contributed by atoms with van der Waals surface area (Å²) in [4.78, 5) is 28.6. The fraction of sp³-hybridized carbons (Fsp3) is 0.273. The summed E-state index contributed by atoms with van der Waals surface area (Å²) in [6.07, 6.45) is 1.51. The van der Waals surface area contributed by atoms with Crippen molar-refractivity contribution in [3.05, 3.63) is 58.1 Å². The maximum Gasteiger partial charge on any atom is 0.264 e. The molecule has 4 heterocycles. The molecular formula is C22H22N6O3S. The predicted octanol–water partition coefficient (Wildman–Crippen LogP) is 2.52. The number of hydrogen-bond donors (Lipinski definition) is 2. The molecule has 1 fully saturated rings. The van der Waals surface area contributed by atoms with Crippen LogP contribution in [0.3, 0.4) is 0 Å². The van der Waals surface area contributed by atoms with Gasteiger partial charge >= 0.3 is 0 Å². The quantitative estimate of drug-likeness (QED) is 0.478. The van der Waals surface area contributed by atoms with Crippen LogP contribution in [0, 0.1) is 0 Å². The zero-order chi connectivity index (χ0) is 22.1. The SMILES string of the molecule is Cn1cnc2cc(-c3ccc(N4CCOCC4)cc3)nc(Nc3nc(CO)cs3)c2c1=O. The van der Waals surface area contributed by atoms with Crippen LogP contribution in [0.4, 0.5) is 16.6 Å². The molecule has 0 saturated carbocycles. The lowest BCUT2D eigenvalue weighted by Crippen LogP contribution is -2.36. The van der Waals surface area contributed by atoms with Gasteiger partial charge in [-0.25, -0.2) is 15.0 Å². The van der Waals surface area contributed by atoms with Crippen LogP contribution in [0.25, 0.3) is 22.2 Å². The average Bonchev–Trinajstić information content (AvgIpc) is 3.29. The summed E-state index contributed by atoms with van der Waals surface area (Å²) >= 11 is 1.34. The van der Waals surface area contributed by atoms with Gasteiger partial charge in [-0.2, -0.15) is 0 Å². The second kappa shape index (κ2) is 8.65. The van der Waals surface area contributed by atoms with Crippen LogP contribution in [0.1, 0.15) is 5.69 Å². The van der Waals surface area contributed by atoms with Crippen LogP contribution < -0.4 is 15.8 Å². The zero-order valence-corrected chi connectivity index (χ0v) is 18.3. The number of benzene rings is 1. The molecule has 0 spiro atoms. The van der Waals surface area contributed by atoms with Crippen molar-refractivity contribution in [2.75, 3.05) is 36.5 Å². The molecule has 9 nitrogen and oxygen atoms in total. The number of aromatic nitrogens is 4. The van der Waals surface area contributed by atoms with Crippen molar-refractivity contribution in [2.45, 2.75) is 6.61 Å². The summed E-state index contributed by atoms with van der Waals surface area (Å²) in [6.45, 7) is 3.07. The first-order chi connectivity index (χ1) is 15.6. The molecule has 0 amide bonds. The first-order valence-electron chi connectivity index (χ1n) is 10.2. The van der Waals surface area contributed by atoms with Gasteiger partial charge in [-0.1, -0.05) is 12.1 Å². The number of nitrogens with one attached hydrogen (secondary N) is 1. The fourth-order valence-electron chi connectivity index (χ4n) is 3.66. The predicted molar refractivity (Wildman–Crippen MR) is 125 cm³/mol. The Balaban J connectivity index is 1.56. The third kappa shape index (κ3) is 3.95. The van der Waals surface area contributed by atoms with E-state index in [1.165, 1.54) is 22.2 Å². The molecule has 1 saturated heterocycles. The number of ether oxygens (including phenoxy) is 1. The Bertz CT molecular complexity index is 1310. The molecule has 0 aliphatic carbocycles. The number of hydrogen-bond acceptors (Lipinski definition) is 9. The topological polar surface area (TPSA) is 105 Å². The smallest absolute Gasteiger partial charge is 0.264 e. The van der Waals surface area contributed by atoms with Crippen LogP contribution in [0.5, 0.6) is 0 Å². The third-order valence-corrected chi connectivity index (χ3v) is 6.19. The number of morpholine rings is 1. The molecule has 5 rings (SSSR count). The molecular weight excluding hydrogens is 428 g/mol. The van der Waals surface area contributed by atoms with E-state index in [0.29, 0.717) is 33.2 Å². The van der Waals surface area contributed by atoms with Gasteiger partial charge < -0.3 is 24.6 Å². The van der Waals surface area contributed by atoms with Crippen LogP contribution >= 0.6 is 11.3 Å². The summed E-state index contributed by atoms with van der Waals surface area (Å²) in [5.74, 6) is 0.391. The van der Waals surface area contributed by atoms with Gasteiger partial charge in [-0.15, -0.1) is 11.3 Å². The second-order valence-electron chi connectivity index (χ2n) is 7.48. The summed E-state index contributed by atoms with van der Waals surface area (Å²) in [7, 11) is 1.66. The molecule has 1 aromatic carbocycles. The number of aliphatic hydroxyl groups is 1. The van der Waals surface area contributed by atoms with Crippen LogP contribution in [-0.2, 0) is 18.4 Å². The number of pyridine rings is 1. The van der Waals surface area contributed by atoms with E-state index in [1.807, 2.05) is 18.2 Å². The molecule has 4 aromatic rings. The van der Waals surface area contributed by atoms with Crippen LogP contribution in [-0.4, -0.2) is 50.9 Å². The number of anilines is 3. The van der Waals surface area contributed by atoms with Crippen molar-refractivity contribution in [3.8, 4) is 11.3 Å². The van der Waals surface area contributed by atoms with Crippen LogP contribution in [0.15, 0.2) is 46.8 Å². The fourth-order valence-corrected chi connectivity index (χ4v) is 4.36. The van der Waals surface area contributed by atoms with E-state index < -0.39 is 0 Å². The van der Waals surface area contributed by atoms with Gasteiger partial charge in [0.15, 0.2) is 5.13 Å². The molecule has 2 N–H and O–H groups in total. The van der Waals surface area contributed by atoms with Gasteiger partial charge in [0.05, 0.1) is 43.1 Å². The molecule has 32 heavy (non-hydrogen) atoms. The Morgan fingerprint density at radius 1 is 1.19 bits per heavy atom. The molecule has 0 radical (unpaired) electrons. The lowest BCUT2D eigenvalue weighted by atomic mass is 10.1. The van der Waals surface area contributed by atoms with Gasteiger partial charge in [0.1, 0.15) is 11.2 Å². The number of fused-ring (bicyclic) bond motifs is 1. The molecule has 0 bridgehead atoms. The summed E-state index contributed by atoms with van der Waals surface area (Å²) in [5, 5.41) is 15.2. The summed E-state index contributed by atoms with van der Waals surface area (Å²) in [6, 6.07) is 10.0. The Kier molecular flexibility index (Phi) is 5.56. The Morgan fingerprint density at radius 3 is 2.69 bits per heavy atom. The number of nitrogens with zero attached hydrogens (tertiary/aromatic N) is 5. The van der Waals surface area contributed by atoms with Crippen molar-refractivity contribution in [1.29, 1.82) is 0 Å². The third-order valence-electron chi connectivity index (χ3n) is 5.38. The lowest BCUT2D eigenvalue weighted by molar-refractivity contribution is 0.122. The summed E-state index contributed by atoms with van der Waals surface area (Å²) in [5.41, 5.74) is 3.68. The van der Waals surface area contributed by atoms with Crippen molar-refractivity contribution in [1.82, 2.24) is 19.5 Å². The van der Waals surface area contributed by atoms with E-state index in [4.69, 9.17) is 9.72 Å². The Hall–Kier alpha value is -3.34. The van der Waals surface area contributed by atoms with Gasteiger partial charge in [-0.3, -0.25) is 4.79 Å². The second-order valence-corrected chi connectivity index (χ2v) is 8.34. The Labute approximate surface area is 188 Å². The van der Waals surface area contributed by atoms with Crippen molar-refractivity contribution in [2.24, 2.45) is 7.05 Å².